The molecule has 1 spiro atoms. The minimum atomic E-state index is -0.989. The summed E-state index contributed by atoms with van der Waals surface area (Å²) in [6.07, 6.45) is 1.29. The van der Waals surface area contributed by atoms with Crippen molar-refractivity contribution in [1.82, 2.24) is 4.90 Å². The van der Waals surface area contributed by atoms with E-state index >= 15 is 0 Å². The van der Waals surface area contributed by atoms with Crippen molar-refractivity contribution in [2.24, 2.45) is 5.92 Å². The zero-order valence-electron chi connectivity index (χ0n) is 14.9. The number of hydrogen-bond acceptors (Lipinski definition) is 8. The van der Waals surface area contributed by atoms with Crippen molar-refractivity contribution >= 4 is 23.8 Å². The standard InChI is InChI=1S/C17H21NO8/c1-23-14(20)10-5-4-6-18(10)13(19)9-7-17(8-26-17)12(16(22)25-3)11(9)15(21)24-2/h9-10H,4-8H2,1-3H3/t9-,10?,17+/m1/s1. The molecule has 0 N–H and O–H groups in total. The summed E-state index contributed by atoms with van der Waals surface area (Å²) in [7, 11) is 3.64. The van der Waals surface area contributed by atoms with E-state index in [0.29, 0.717) is 19.4 Å². The van der Waals surface area contributed by atoms with Crippen LogP contribution < -0.4 is 0 Å². The van der Waals surface area contributed by atoms with Crippen LogP contribution in [0.3, 0.4) is 0 Å². The number of ether oxygens (including phenoxy) is 4. The van der Waals surface area contributed by atoms with Gasteiger partial charge in [0.25, 0.3) is 0 Å². The summed E-state index contributed by atoms with van der Waals surface area (Å²) in [6.45, 7) is 0.604. The molecule has 9 nitrogen and oxygen atoms in total. The van der Waals surface area contributed by atoms with Gasteiger partial charge in [0.2, 0.25) is 5.91 Å². The Morgan fingerprint density at radius 1 is 1.08 bits per heavy atom. The van der Waals surface area contributed by atoms with Crippen molar-refractivity contribution in [3.05, 3.63) is 11.1 Å². The number of carbonyl (C=O) groups excluding carboxylic acids is 4. The number of methoxy groups -OCH3 is 3. The number of epoxide rings is 1. The number of rotatable bonds is 4. The van der Waals surface area contributed by atoms with Gasteiger partial charge in [-0.25, -0.2) is 14.4 Å². The zero-order valence-corrected chi connectivity index (χ0v) is 14.9. The predicted octanol–water partition coefficient (Wildman–Crippen LogP) is -0.418. The van der Waals surface area contributed by atoms with Crippen molar-refractivity contribution in [3.63, 3.8) is 0 Å². The van der Waals surface area contributed by atoms with Crippen molar-refractivity contribution in [2.45, 2.75) is 30.9 Å². The molecule has 0 aromatic carbocycles. The second-order valence-electron chi connectivity index (χ2n) is 6.52. The topological polar surface area (TPSA) is 112 Å². The minimum absolute atomic E-state index is 0.0408. The summed E-state index contributed by atoms with van der Waals surface area (Å²) >= 11 is 0. The van der Waals surface area contributed by atoms with Crippen LogP contribution in [0, 0.1) is 5.92 Å². The average molecular weight is 367 g/mol. The molecule has 26 heavy (non-hydrogen) atoms. The largest absolute Gasteiger partial charge is 0.467 e. The van der Waals surface area contributed by atoms with Gasteiger partial charge in [0.15, 0.2) is 0 Å². The Bertz CT molecular complexity index is 693. The van der Waals surface area contributed by atoms with Crippen LogP contribution in [0.4, 0.5) is 0 Å². The van der Waals surface area contributed by atoms with E-state index in [-0.39, 0.29) is 24.2 Å². The highest BCUT2D eigenvalue weighted by molar-refractivity contribution is 6.08. The van der Waals surface area contributed by atoms with E-state index in [1.807, 2.05) is 0 Å². The Kier molecular flexibility index (Phi) is 4.74. The van der Waals surface area contributed by atoms with Gasteiger partial charge >= 0.3 is 17.9 Å². The van der Waals surface area contributed by atoms with Crippen LogP contribution >= 0.6 is 0 Å². The van der Waals surface area contributed by atoms with Gasteiger partial charge in [0, 0.05) is 6.54 Å². The highest BCUT2D eigenvalue weighted by atomic mass is 16.6. The molecule has 2 saturated heterocycles. The number of hydrogen-bond donors (Lipinski definition) is 0. The summed E-state index contributed by atoms with van der Waals surface area (Å²) < 4.78 is 19.8. The quantitative estimate of drug-likeness (QED) is 0.374. The van der Waals surface area contributed by atoms with Gasteiger partial charge in [-0.3, -0.25) is 4.79 Å². The zero-order chi connectivity index (χ0) is 19.1. The molecule has 2 aliphatic heterocycles. The fourth-order valence-corrected chi connectivity index (χ4v) is 3.88. The van der Waals surface area contributed by atoms with E-state index in [9.17, 15) is 19.2 Å². The lowest BCUT2D eigenvalue weighted by molar-refractivity contribution is -0.152. The van der Waals surface area contributed by atoms with E-state index < -0.39 is 41.4 Å². The molecule has 1 amide bonds. The molecule has 142 valence electrons. The van der Waals surface area contributed by atoms with E-state index in [0.717, 1.165) is 0 Å². The first-order valence-electron chi connectivity index (χ1n) is 8.33. The van der Waals surface area contributed by atoms with Gasteiger partial charge in [-0.2, -0.15) is 0 Å². The van der Waals surface area contributed by atoms with E-state index in [1.165, 1.54) is 26.2 Å². The molecular weight excluding hydrogens is 346 g/mol. The van der Waals surface area contributed by atoms with Crippen molar-refractivity contribution in [3.8, 4) is 0 Å². The summed E-state index contributed by atoms with van der Waals surface area (Å²) in [6, 6.07) is -0.690. The van der Waals surface area contributed by atoms with Crippen LogP contribution in [0.15, 0.2) is 11.1 Å². The molecule has 3 atom stereocenters. The van der Waals surface area contributed by atoms with Crippen LogP contribution in [0.2, 0.25) is 0 Å². The summed E-state index contributed by atoms with van der Waals surface area (Å²) in [4.78, 5) is 51.1. The highest BCUT2D eigenvalue weighted by Gasteiger charge is 2.62. The monoisotopic (exact) mass is 367 g/mol. The van der Waals surface area contributed by atoms with Gasteiger partial charge < -0.3 is 23.8 Å². The molecule has 0 saturated carbocycles. The van der Waals surface area contributed by atoms with E-state index in [1.54, 1.807) is 0 Å². The first-order valence-corrected chi connectivity index (χ1v) is 8.33. The first kappa shape index (κ1) is 18.4. The lowest BCUT2D eigenvalue weighted by Crippen LogP contribution is -2.44. The van der Waals surface area contributed by atoms with Crippen LogP contribution in [-0.4, -0.2) is 74.8 Å². The molecule has 1 aliphatic carbocycles. The first-order chi connectivity index (χ1) is 12.4. The van der Waals surface area contributed by atoms with Crippen LogP contribution in [0.5, 0.6) is 0 Å². The highest BCUT2D eigenvalue weighted by Crippen LogP contribution is 2.51. The summed E-state index contributed by atoms with van der Waals surface area (Å²) in [5.74, 6) is -3.33. The van der Waals surface area contributed by atoms with Gasteiger partial charge in [0.1, 0.15) is 11.6 Å². The van der Waals surface area contributed by atoms with E-state index in [4.69, 9.17) is 18.9 Å². The predicted molar refractivity (Wildman–Crippen MR) is 84.6 cm³/mol. The Hall–Kier alpha value is -2.42. The molecule has 2 fully saturated rings. The molecule has 1 unspecified atom stereocenters. The van der Waals surface area contributed by atoms with Crippen LogP contribution in [0.25, 0.3) is 0 Å². The second-order valence-corrected chi connectivity index (χ2v) is 6.52. The van der Waals surface area contributed by atoms with Crippen LogP contribution in [0.1, 0.15) is 19.3 Å². The van der Waals surface area contributed by atoms with Crippen molar-refractivity contribution in [1.29, 1.82) is 0 Å². The normalized spacial score (nSPS) is 29.7. The van der Waals surface area contributed by atoms with Gasteiger partial charge in [0.05, 0.1) is 45.0 Å². The third-order valence-corrected chi connectivity index (χ3v) is 5.20. The maximum absolute atomic E-state index is 13.1. The van der Waals surface area contributed by atoms with Gasteiger partial charge in [-0.15, -0.1) is 0 Å². The molecule has 0 bridgehead atoms. The maximum atomic E-state index is 13.1. The van der Waals surface area contributed by atoms with Crippen LogP contribution in [-0.2, 0) is 38.1 Å². The Morgan fingerprint density at radius 2 is 1.73 bits per heavy atom. The Balaban J connectivity index is 1.97. The third kappa shape index (κ3) is 2.76. The molecule has 0 aromatic heterocycles. The minimum Gasteiger partial charge on any atom is -0.467 e. The Morgan fingerprint density at radius 3 is 2.27 bits per heavy atom. The van der Waals surface area contributed by atoms with Gasteiger partial charge in [-0.1, -0.05) is 0 Å². The van der Waals surface area contributed by atoms with E-state index in [2.05, 4.69) is 0 Å². The summed E-state index contributed by atoms with van der Waals surface area (Å²) in [5, 5.41) is 0. The van der Waals surface area contributed by atoms with Gasteiger partial charge in [-0.05, 0) is 19.3 Å². The van der Waals surface area contributed by atoms with Crippen molar-refractivity contribution in [2.75, 3.05) is 34.5 Å². The molecule has 0 aromatic rings. The smallest absolute Gasteiger partial charge is 0.337 e. The molecule has 0 radical (unpaired) electrons. The fourth-order valence-electron chi connectivity index (χ4n) is 3.88. The SMILES string of the molecule is COC(=O)C1=C(C(=O)OC)[C@@]2(CO2)C[C@H]1C(=O)N1CCCC1C(=O)OC. The second kappa shape index (κ2) is 6.71. The van der Waals surface area contributed by atoms with Crippen molar-refractivity contribution < 1.29 is 38.1 Å². The molecule has 9 heteroatoms. The molecule has 3 rings (SSSR count). The maximum Gasteiger partial charge on any atom is 0.337 e. The lowest BCUT2D eigenvalue weighted by Gasteiger charge is -2.26. The molecular formula is C17H21NO8. The molecule has 3 aliphatic rings. The third-order valence-electron chi connectivity index (χ3n) is 5.20. The average Bonchev–Trinajstić information content (AvgIpc) is 3.11. The number of likely N-dealkylation sites (tertiary alicyclic amines) is 1. The summed E-state index contributed by atoms with van der Waals surface area (Å²) in [5.41, 5.74) is -0.992. The Labute approximate surface area is 150 Å². The molecule has 2 heterocycles. The number of carbonyl (C=O) groups is 4. The fraction of sp³-hybridized carbons (Fsp3) is 0.647. The number of amides is 1. The number of nitrogens with zero attached hydrogens (tertiary/aromatic N) is 1. The number of esters is 3. The lowest BCUT2D eigenvalue weighted by atomic mass is 9.97.